The lowest BCUT2D eigenvalue weighted by atomic mass is 9.96. The Labute approximate surface area is 143 Å². The minimum Gasteiger partial charge on any atom is -0.392 e. The predicted octanol–water partition coefficient (Wildman–Crippen LogP) is 3.82. The standard InChI is InChI=1S/C18H27NO5/c1-12(2)16(21)10-15(20)11-17(24-18(3,4)5)13-6-8-14(9-7-13)19(22)23/h6-9,12,16-17,21H,10-11H2,1-5H3/t16-,17+/m1/s1. The number of hydrogen-bond donors (Lipinski definition) is 1. The molecule has 0 heterocycles. The number of ether oxygens (including phenoxy) is 1. The molecule has 6 nitrogen and oxygen atoms in total. The zero-order valence-electron chi connectivity index (χ0n) is 15.0. The van der Waals surface area contributed by atoms with Crippen molar-refractivity contribution in [3.63, 3.8) is 0 Å². The number of benzene rings is 1. The van der Waals surface area contributed by atoms with E-state index in [1.807, 2.05) is 34.6 Å². The molecule has 0 saturated heterocycles. The number of aliphatic hydroxyl groups is 1. The molecule has 24 heavy (non-hydrogen) atoms. The van der Waals surface area contributed by atoms with Crippen molar-refractivity contribution in [3.05, 3.63) is 39.9 Å². The molecule has 0 fully saturated rings. The van der Waals surface area contributed by atoms with E-state index in [1.165, 1.54) is 12.1 Å². The maximum Gasteiger partial charge on any atom is 0.269 e. The van der Waals surface area contributed by atoms with Crippen molar-refractivity contribution < 1.29 is 19.6 Å². The highest BCUT2D eigenvalue weighted by Gasteiger charge is 2.25. The largest absolute Gasteiger partial charge is 0.392 e. The predicted molar refractivity (Wildman–Crippen MR) is 91.8 cm³/mol. The third-order valence-electron chi connectivity index (χ3n) is 3.59. The summed E-state index contributed by atoms with van der Waals surface area (Å²) in [6.45, 7) is 9.38. The molecule has 0 aliphatic heterocycles. The van der Waals surface area contributed by atoms with E-state index in [9.17, 15) is 20.0 Å². The van der Waals surface area contributed by atoms with Crippen molar-refractivity contribution in [1.29, 1.82) is 0 Å². The fraction of sp³-hybridized carbons (Fsp3) is 0.611. The second-order valence-electron chi connectivity index (χ2n) is 7.33. The Bertz CT molecular complexity index is 560. The van der Waals surface area contributed by atoms with Crippen molar-refractivity contribution in [2.24, 2.45) is 5.92 Å². The molecule has 0 bridgehead atoms. The Hall–Kier alpha value is -1.79. The second kappa shape index (κ2) is 8.35. The first-order chi connectivity index (χ1) is 11.0. The van der Waals surface area contributed by atoms with Crippen molar-refractivity contribution in [2.45, 2.75) is 65.3 Å². The van der Waals surface area contributed by atoms with Gasteiger partial charge < -0.3 is 9.84 Å². The number of carbonyl (C=O) groups excluding carboxylic acids is 1. The monoisotopic (exact) mass is 337 g/mol. The summed E-state index contributed by atoms with van der Waals surface area (Å²) in [4.78, 5) is 22.6. The molecule has 0 amide bonds. The van der Waals surface area contributed by atoms with Gasteiger partial charge in [0, 0.05) is 25.0 Å². The molecule has 1 aromatic carbocycles. The van der Waals surface area contributed by atoms with Gasteiger partial charge in [-0.15, -0.1) is 0 Å². The van der Waals surface area contributed by atoms with Crippen LogP contribution in [0.25, 0.3) is 0 Å². The van der Waals surface area contributed by atoms with Gasteiger partial charge in [0.1, 0.15) is 5.78 Å². The van der Waals surface area contributed by atoms with Gasteiger partial charge in [0.2, 0.25) is 0 Å². The van der Waals surface area contributed by atoms with Crippen molar-refractivity contribution in [2.75, 3.05) is 0 Å². The average Bonchev–Trinajstić information content (AvgIpc) is 2.45. The van der Waals surface area contributed by atoms with Gasteiger partial charge in [0.25, 0.3) is 5.69 Å². The zero-order valence-corrected chi connectivity index (χ0v) is 15.0. The van der Waals surface area contributed by atoms with Crippen LogP contribution in [0.4, 0.5) is 5.69 Å². The smallest absolute Gasteiger partial charge is 0.269 e. The van der Waals surface area contributed by atoms with Crippen LogP contribution in [0, 0.1) is 16.0 Å². The quantitative estimate of drug-likeness (QED) is 0.575. The van der Waals surface area contributed by atoms with Gasteiger partial charge in [-0.2, -0.15) is 0 Å². The van der Waals surface area contributed by atoms with Crippen LogP contribution in [0.3, 0.4) is 0 Å². The minimum atomic E-state index is -0.676. The maximum absolute atomic E-state index is 12.3. The van der Waals surface area contributed by atoms with Crippen LogP contribution < -0.4 is 0 Å². The highest BCUT2D eigenvalue weighted by molar-refractivity contribution is 5.79. The molecule has 2 atom stereocenters. The first kappa shape index (κ1) is 20.3. The average molecular weight is 337 g/mol. The Morgan fingerprint density at radius 3 is 2.17 bits per heavy atom. The minimum absolute atomic E-state index is 0.00480. The third-order valence-corrected chi connectivity index (χ3v) is 3.59. The SMILES string of the molecule is CC(C)[C@H](O)CC(=O)C[C@H](OC(C)(C)C)c1ccc([N+](=O)[O-])cc1. The number of aliphatic hydroxyl groups excluding tert-OH is 1. The Balaban J connectivity index is 2.91. The second-order valence-corrected chi connectivity index (χ2v) is 7.33. The highest BCUT2D eigenvalue weighted by Crippen LogP contribution is 2.29. The molecule has 1 aromatic rings. The lowest BCUT2D eigenvalue weighted by molar-refractivity contribution is -0.384. The van der Waals surface area contributed by atoms with Gasteiger partial charge >= 0.3 is 0 Å². The number of hydrogen-bond acceptors (Lipinski definition) is 5. The molecule has 0 spiro atoms. The molecule has 1 rings (SSSR count). The molecular formula is C18H27NO5. The lowest BCUT2D eigenvalue weighted by Crippen LogP contribution is -2.26. The number of ketones is 1. The lowest BCUT2D eigenvalue weighted by Gasteiger charge is -2.28. The Morgan fingerprint density at radius 1 is 1.21 bits per heavy atom. The summed E-state index contributed by atoms with van der Waals surface area (Å²) in [5, 5.41) is 20.6. The summed E-state index contributed by atoms with van der Waals surface area (Å²) < 4.78 is 5.96. The van der Waals surface area contributed by atoms with E-state index in [1.54, 1.807) is 12.1 Å². The van der Waals surface area contributed by atoms with Crippen molar-refractivity contribution >= 4 is 11.5 Å². The van der Waals surface area contributed by atoms with Crippen LogP contribution in [-0.4, -0.2) is 27.5 Å². The fourth-order valence-corrected chi connectivity index (χ4v) is 2.22. The number of carbonyl (C=O) groups is 1. The van der Waals surface area contributed by atoms with Crippen molar-refractivity contribution in [3.8, 4) is 0 Å². The third kappa shape index (κ3) is 6.76. The van der Waals surface area contributed by atoms with E-state index in [0.717, 1.165) is 0 Å². The molecule has 0 unspecified atom stereocenters. The number of Topliss-reactive ketones (excluding diaryl/α,β-unsaturated/α-hetero) is 1. The molecule has 134 valence electrons. The van der Waals surface area contributed by atoms with Gasteiger partial charge in [0.15, 0.2) is 0 Å². The fourth-order valence-electron chi connectivity index (χ4n) is 2.22. The molecule has 0 aromatic heterocycles. The van der Waals surface area contributed by atoms with Gasteiger partial charge in [0.05, 0.1) is 22.7 Å². The van der Waals surface area contributed by atoms with Crippen LogP contribution in [0.2, 0.25) is 0 Å². The topological polar surface area (TPSA) is 89.7 Å². The summed E-state index contributed by atoms with van der Waals surface area (Å²) in [6.07, 6.45) is -0.977. The van der Waals surface area contributed by atoms with E-state index in [2.05, 4.69) is 0 Å². The van der Waals surface area contributed by atoms with E-state index in [0.29, 0.717) is 5.56 Å². The molecule has 0 aliphatic rings. The van der Waals surface area contributed by atoms with E-state index in [4.69, 9.17) is 4.74 Å². The summed E-state index contributed by atoms with van der Waals surface area (Å²) in [5.41, 5.74) is 0.237. The van der Waals surface area contributed by atoms with Crippen LogP contribution >= 0.6 is 0 Å². The molecule has 0 saturated carbocycles. The van der Waals surface area contributed by atoms with E-state index < -0.39 is 22.7 Å². The summed E-state index contributed by atoms with van der Waals surface area (Å²) >= 11 is 0. The van der Waals surface area contributed by atoms with E-state index in [-0.39, 0.29) is 30.2 Å². The number of nitrogens with zero attached hydrogens (tertiary/aromatic N) is 1. The summed E-state index contributed by atoms with van der Waals surface area (Å²) in [7, 11) is 0. The number of rotatable bonds is 8. The Morgan fingerprint density at radius 2 is 1.75 bits per heavy atom. The van der Waals surface area contributed by atoms with Gasteiger partial charge in [-0.25, -0.2) is 0 Å². The van der Waals surface area contributed by atoms with Crippen LogP contribution in [0.15, 0.2) is 24.3 Å². The number of nitro benzene ring substituents is 1. The number of nitro groups is 1. The van der Waals surface area contributed by atoms with Crippen molar-refractivity contribution in [1.82, 2.24) is 0 Å². The van der Waals surface area contributed by atoms with Gasteiger partial charge in [-0.1, -0.05) is 13.8 Å². The first-order valence-electron chi connectivity index (χ1n) is 8.11. The van der Waals surface area contributed by atoms with E-state index >= 15 is 0 Å². The highest BCUT2D eigenvalue weighted by atomic mass is 16.6. The normalized spacial score (nSPS) is 14.5. The van der Waals surface area contributed by atoms with Crippen LogP contribution in [-0.2, 0) is 9.53 Å². The summed E-state index contributed by atoms with van der Waals surface area (Å²) in [5.74, 6) is -0.0842. The summed E-state index contributed by atoms with van der Waals surface area (Å²) in [6, 6.07) is 6.03. The molecule has 6 heteroatoms. The van der Waals surface area contributed by atoms with Gasteiger partial charge in [-0.05, 0) is 44.4 Å². The van der Waals surface area contributed by atoms with Crippen LogP contribution in [0.1, 0.15) is 59.1 Å². The number of non-ortho nitro benzene ring substituents is 1. The molecular weight excluding hydrogens is 310 g/mol. The zero-order chi connectivity index (χ0) is 18.5. The first-order valence-corrected chi connectivity index (χ1v) is 8.11. The molecule has 0 radical (unpaired) electrons. The van der Waals surface area contributed by atoms with Crippen LogP contribution in [0.5, 0.6) is 0 Å². The van der Waals surface area contributed by atoms with Gasteiger partial charge in [-0.3, -0.25) is 14.9 Å². The maximum atomic E-state index is 12.3. The Kier molecular flexibility index (Phi) is 7.05. The molecule has 1 N–H and O–H groups in total. The molecule has 0 aliphatic carbocycles.